The summed E-state index contributed by atoms with van der Waals surface area (Å²) in [6.07, 6.45) is 3.13. The van der Waals surface area contributed by atoms with Gasteiger partial charge in [-0.2, -0.15) is 5.10 Å². The van der Waals surface area contributed by atoms with Crippen LogP contribution in [0.3, 0.4) is 0 Å². The normalized spacial score (nSPS) is 10.4. The van der Waals surface area contributed by atoms with Crippen LogP contribution in [0.2, 0.25) is 0 Å². The Kier molecular flexibility index (Phi) is 5.07. The van der Waals surface area contributed by atoms with Gasteiger partial charge >= 0.3 is 0 Å². The maximum atomic E-state index is 12.4. The Bertz CT molecular complexity index is 918. The van der Waals surface area contributed by atoms with Crippen molar-refractivity contribution in [3.8, 4) is 11.6 Å². The number of Topliss-reactive ketones (excluding diaryl/α,β-unsaturated/α-hetero) is 1. The van der Waals surface area contributed by atoms with Crippen molar-refractivity contribution >= 4 is 11.7 Å². The number of amides is 1. The summed E-state index contributed by atoms with van der Waals surface area (Å²) in [5.74, 6) is 0.754. The highest BCUT2D eigenvalue weighted by molar-refractivity contribution is 6.02. The van der Waals surface area contributed by atoms with Crippen molar-refractivity contribution in [1.82, 2.24) is 20.1 Å². The van der Waals surface area contributed by atoms with E-state index >= 15 is 0 Å². The van der Waals surface area contributed by atoms with Gasteiger partial charge in [0.25, 0.3) is 5.91 Å². The van der Waals surface area contributed by atoms with E-state index < -0.39 is 0 Å². The molecule has 1 amide bonds. The monoisotopic (exact) mass is 350 g/mol. The van der Waals surface area contributed by atoms with E-state index in [0.29, 0.717) is 28.4 Å². The summed E-state index contributed by atoms with van der Waals surface area (Å²) in [6.45, 7) is 1.68. The summed E-state index contributed by atoms with van der Waals surface area (Å²) in [5, 5.41) is 6.84. The molecule has 0 saturated heterocycles. The second-order valence-electron chi connectivity index (χ2n) is 5.58. The Hall–Kier alpha value is -3.48. The average molecular weight is 350 g/mol. The smallest absolute Gasteiger partial charge is 0.255 e. The number of ketones is 1. The van der Waals surface area contributed by atoms with E-state index in [1.165, 1.54) is 6.20 Å². The number of carbonyl (C=O) groups excluding carboxylic acids is 2. The van der Waals surface area contributed by atoms with Crippen LogP contribution in [0.15, 0.2) is 54.9 Å². The lowest BCUT2D eigenvalue weighted by Crippen LogP contribution is -2.29. The predicted octanol–water partition coefficient (Wildman–Crippen LogP) is 2.20. The van der Waals surface area contributed by atoms with Crippen LogP contribution in [0.5, 0.6) is 5.75 Å². The Labute approximate surface area is 150 Å². The molecule has 0 aliphatic carbocycles. The molecule has 0 aliphatic heterocycles. The quantitative estimate of drug-likeness (QED) is 0.689. The molecule has 0 saturated carbocycles. The van der Waals surface area contributed by atoms with E-state index in [9.17, 15) is 9.59 Å². The van der Waals surface area contributed by atoms with Gasteiger partial charge in [-0.15, -0.1) is 0 Å². The van der Waals surface area contributed by atoms with Crippen molar-refractivity contribution in [2.24, 2.45) is 0 Å². The first kappa shape index (κ1) is 17.3. The highest BCUT2D eigenvalue weighted by Crippen LogP contribution is 2.13. The number of ether oxygens (including phenoxy) is 1. The van der Waals surface area contributed by atoms with Crippen LogP contribution in [0.25, 0.3) is 5.82 Å². The lowest BCUT2D eigenvalue weighted by atomic mass is 10.1. The molecule has 0 radical (unpaired) electrons. The van der Waals surface area contributed by atoms with E-state index in [2.05, 4.69) is 15.4 Å². The topological polar surface area (TPSA) is 86.1 Å². The third kappa shape index (κ3) is 3.61. The second-order valence-corrected chi connectivity index (χ2v) is 5.58. The van der Waals surface area contributed by atoms with Gasteiger partial charge in [-0.1, -0.05) is 6.07 Å². The Morgan fingerprint density at radius 1 is 1.15 bits per heavy atom. The van der Waals surface area contributed by atoms with Crippen LogP contribution in [-0.4, -0.2) is 40.1 Å². The minimum Gasteiger partial charge on any atom is -0.497 e. The summed E-state index contributed by atoms with van der Waals surface area (Å²) >= 11 is 0. The third-order valence-electron chi connectivity index (χ3n) is 3.94. The number of nitrogens with zero attached hydrogens (tertiary/aromatic N) is 3. The van der Waals surface area contributed by atoms with Gasteiger partial charge in [0.15, 0.2) is 11.6 Å². The molecule has 0 aliphatic rings. The van der Waals surface area contributed by atoms with Crippen LogP contribution < -0.4 is 10.1 Å². The summed E-state index contributed by atoms with van der Waals surface area (Å²) in [4.78, 5) is 28.8. The molecule has 132 valence electrons. The molecular formula is C19H18N4O3. The van der Waals surface area contributed by atoms with Crippen LogP contribution in [0.4, 0.5) is 0 Å². The minimum atomic E-state index is -0.355. The lowest BCUT2D eigenvalue weighted by Gasteiger charge is -2.06. The average Bonchev–Trinajstić information content (AvgIpc) is 3.08. The van der Waals surface area contributed by atoms with Gasteiger partial charge in [0, 0.05) is 11.8 Å². The molecule has 26 heavy (non-hydrogen) atoms. The molecule has 2 aromatic heterocycles. The molecule has 1 N–H and O–H groups in total. The number of pyridine rings is 1. The second kappa shape index (κ2) is 7.60. The highest BCUT2D eigenvalue weighted by Gasteiger charge is 2.16. The van der Waals surface area contributed by atoms with E-state index in [1.54, 1.807) is 61.3 Å². The molecule has 0 unspecified atom stereocenters. The fourth-order valence-electron chi connectivity index (χ4n) is 2.48. The molecule has 1 aromatic carbocycles. The van der Waals surface area contributed by atoms with E-state index in [-0.39, 0.29) is 18.2 Å². The van der Waals surface area contributed by atoms with Gasteiger partial charge in [0.05, 0.1) is 31.1 Å². The van der Waals surface area contributed by atoms with Gasteiger partial charge in [-0.25, -0.2) is 9.67 Å². The zero-order chi connectivity index (χ0) is 18.5. The fraction of sp³-hybridized carbons (Fsp3) is 0.158. The molecule has 3 rings (SSSR count). The number of benzene rings is 1. The number of hydrogen-bond donors (Lipinski definition) is 1. The van der Waals surface area contributed by atoms with Gasteiger partial charge in [0.1, 0.15) is 5.75 Å². The SMILES string of the molecule is COc1ccc(C(=O)CNC(=O)c2cnn(-c3ccccn3)c2C)cc1. The first-order valence-corrected chi connectivity index (χ1v) is 8.01. The van der Waals surface area contributed by atoms with Gasteiger partial charge in [0.2, 0.25) is 0 Å². The molecule has 0 spiro atoms. The number of carbonyl (C=O) groups is 2. The van der Waals surface area contributed by atoms with Gasteiger partial charge < -0.3 is 10.1 Å². The molecular weight excluding hydrogens is 332 g/mol. The van der Waals surface area contributed by atoms with Crippen molar-refractivity contribution in [3.63, 3.8) is 0 Å². The Balaban J connectivity index is 1.67. The molecule has 7 heteroatoms. The van der Waals surface area contributed by atoms with Crippen LogP contribution >= 0.6 is 0 Å². The summed E-state index contributed by atoms with van der Waals surface area (Å²) < 4.78 is 6.65. The van der Waals surface area contributed by atoms with Crippen molar-refractivity contribution in [3.05, 3.63) is 71.7 Å². The predicted molar refractivity (Wildman–Crippen MR) is 95.8 cm³/mol. The number of aromatic nitrogens is 3. The Morgan fingerprint density at radius 3 is 2.58 bits per heavy atom. The number of hydrogen-bond acceptors (Lipinski definition) is 5. The molecule has 7 nitrogen and oxygen atoms in total. The zero-order valence-electron chi connectivity index (χ0n) is 14.5. The van der Waals surface area contributed by atoms with Crippen molar-refractivity contribution < 1.29 is 14.3 Å². The van der Waals surface area contributed by atoms with E-state index in [0.717, 1.165) is 0 Å². The molecule has 3 aromatic rings. The Morgan fingerprint density at radius 2 is 1.92 bits per heavy atom. The first-order chi connectivity index (χ1) is 12.6. The molecule has 0 fully saturated rings. The molecule has 0 bridgehead atoms. The summed E-state index contributed by atoms with van der Waals surface area (Å²) in [6, 6.07) is 12.2. The maximum Gasteiger partial charge on any atom is 0.255 e. The first-order valence-electron chi connectivity index (χ1n) is 8.01. The molecule has 0 atom stereocenters. The van der Waals surface area contributed by atoms with Gasteiger partial charge in [-0.05, 0) is 43.3 Å². The maximum absolute atomic E-state index is 12.4. The van der Waals surface area contributed by atoms with Crippen LogP contribution in [0, 0.1) is 6.92 Å². The molecule has 2 heterocycles. The van der Waals surface area contributed by atoms with Crippen molar-refractivity contribution in [2.75, 3.05) is 13.7 Å². The summed E-state index contributed by atoms with van der Waals surface area (Å²) in [7, 11) is 1.56. The van der Waals surface area contributed by atoms with Crippen molar-refractivity contribution in [2.45, 2.75) is 6.92 Å². The van der Waals surface area contributed by atoms with E-state index in [1.807, 2.05) is 6.07 Å². The summed E-state index contributed by atoms with van der Waals surface area (Å²) in [5.41, 5.74) is 1.56. The largest absolute Gasteiger partial charge is 0.497 e. The fourth-order valence-corrected chi connectivity index (χ4v) is 2.48. The number of nitrogens with one attached hydrogen (secondary N) is 1. The minimum absolute atomic E-state index is 0.0978. The van der Waals surface area contributed by atoms with E-state index in [4.69, 9.17) is 4.74 Å². The standard InChI is InChI=1S/C19H18N4O3/c1-13-16(11-22-23(13)18-5-3-4-10-20-18)19(25)21-12-17(24)14-6-8-15(26-2)9-7-14/h3-11H,12H2,1-2H3,(H,21,25). The van der Waals surface area contributed by atoms with Crippen molar-refractivity contribution in [1.29, 1.82) is 0 Å². The lowest BCUT2D eigenvalue weighted by molar-refractivity contribution is 0.0903. The zero-order valence-corrected chi connectivity index (χ0v) is 14.5. The highest BCUT2D eigenvalue weighted by atomic mass is 16.5. The van der Waals surface area contributed by atoms with Crippen LogP contribution in [0.1, 0.15) is 26.4 Å². The van der Waals surface area contributed by atoms with Gasteiger partial charge in [-0.3, -0.25) is 9.59 Å². The number of methoxy groups -OCH3 is 1. The van der Waals surface area contributed by atoms with Crippen LogP contribution in [-0.2, 0) is 0 Å². The third-order valence-corrected chi connectivity index (χ3v) is 3.94. The number of rotatable bonds is 6.